The number of alkyl halides is 2. The molecule has 0 N–H and O–H groups in total. The highest BCUT2D eigenvalue weighted by Gasteiger charge is 2.43. The van der Waals surface area contributed by atoms with Crippen molar-refractivity contribution in [2.75, 3.05) is 0 Å². The summed E-state index contributed by atoms with van der Waals surface area (Å²) >= 11 is 19.6. The molecule has 0 fully saturated rings. The van der Waals surface area contributed by atoms with Gasteiger partial charge >= 0.3 is 0 Å². The molecule has 0 bridgehead atoms. The fraction of sp³-hybridized carbons (Fsp3) is 0.381. The minimum Gasteiger partial charge on any atom is -0.297 e. The third kappa shape index (κ3) is 4.55. The summed E-state index contributed by atoms with van der Waals surface area (Å²) in [4.78, 5) is 12.5. The summed E-state index contributed by atoms with van der Waals surface area (Å²) in [7, 11) is 0. The maximum Gasteiger partial charge on any atom is 0.161 e. The Hall–Kier alpha value is -0.350. The van der Waals surface area contributed by atoms with Crippen LogP contribution in [0.5, 0.6) is 0 Å². The molecular formula is C21H22Br2Cl2O. The molecule has 5 heteroatoms. The van der Waals surface area contributed by atoms with Gasteiger partial charge in [-0.3, -0.25) is 4.79 Å². The molecule has 140 valence electrons. The minimum atomic E-state index is -0.418. The summed E-state index contributed by atoms with van der Waals surface area (Å²) in [6.07, 6.45) is 0. The van der Waals surface area contributed by atoms with Crippen LogP contribution in [-0.2, 0) is 15.6 Å². The lowest BCUT2D eigenvalue weighted by molar-refractivity contribution is -0.119. The van der Waals surface area contributed by atoms with Gasteiger partial charge in [-0.05, 0) is 35.4 Å². The van der Waals surface area contributed by atoms with Crippen molar-refractivity contribution >= 4 is 60.8 Å². The van der Waals surface area contributed by atoms with E-state index in [-0.39, 0.29) is 15.4 Å². The summed E-state index contributed by atoms with van der Waals surface area (Å²) in [5.41, 5.74) is 1.19. The van der Waals surface area contributed by atoms with Gasteiger partial charge in [0.05, 0.1) is 9.65 Å². The molecule has 2 aromatic carbocycles. The number of benzene rings is 2. The SMILES string of the molecule is CC(C)(c1cccc(Cl)c1)C(Br)C(=O)C(Br)C(C)(C)c1cccc(Cl)c1. The third-order valence-corrected chi connectivity index (χ3v) is 8.57. The fourth-order valence-corrected chi connectivity index (χ4v) is 4.70. The first-order valence-electron chi connectivity index (χ1n) is 8.32. The Labute approximate surface area is 182 Å². The van der Waals surface area contributed by atoms with Gasteiger partial charge in [0.15, 0.2) is 5.78 Å². The molecule has 0 aliphatic rings. The summed E-state index contributed by atoms with van der Waals surface area (Å²) in [6, 6.07) is 15.3. The van der Waals surface area contributed by atoms with Crippen LogP contribution < -0.4 is 0 Å². The zero-order valence-corrected chi connectivity index (χ0v) is 19.9. The molecule has 2 rings (SSSR count). The zero-order valence-electron chi connectivity index (χ0n) is 15.2. The van der Waals surface area contributed by atoms with E-state index in [2.05, 4.69) is 31.9 Å². The molecule has 1 nitrogen and oxygen atoms in total. The van der Waals surface area contributed by atoms with Crippen LogP contribution in [0.25, 0.3) is 0 Å². The van der Waals surface area contributed by atoms with Crippen molar-refractivity contribution in [2.24, 2.45) is 0 Å². The van der Waals surface area contributed by atoms with Crippen LogP contribution in [0.3, 0.4) is 0 Å². The van der Waals surface area contributed by atoms with Crippen LogP contribution in [0.1, 0.15) is 38.8 Å². The topological polar surface area (TPSA) is 17.1 Å². The van der Waals surface area contributed by atoms with E-state index in [1.165, 1.54) is 0 Å². The Bertz CT molecular complexity index is 737. The molecule has 0 aliphatic carbocycles. The van der Waals surface area contributed by atoms with E-state index >= 15 is 0 Å². The van der Waals surface area contributed by atoms with Gasteiger partial charge in [0.25, 0.3) is 0 Å². The maximum atomic E-state index is 13.3. The quantitative estimate of drug-likeness (QED) is 0.364. The van der Waals surface area contributed by atoms with Crippen LogP contribution in [-0.4, -0.2) is 15.4 Å². The first-order valence-corrected chi connectivity index (χ1v) is 10.9. The van der Waals surface area contributed by atoms with Crippen molar-refractivity contribution in [3.8, 4) is 0 Å². The second kappa shape index (κ2) is 8.34. The minimum absolute atomic E-state index is 0.0833. The van der Waals surface area contributed by atoms with E-state index in [9.17, 15) is 4.79 Å². The van der Waals surface area contributed by atoms with Gasteiger partial charge in [-0.15, -0.1) is 0 Å². The largest absolute Gasteiger partial charge is 0.297 e. The van der Waals surface area contributed by atoms with Gasteiger partial charge in [-0.1, -0.05) is 107 Å². The fourth-order valence-electron chi connectivity index (χ4n) is 2.91. The summed E-state index contributed by atoms with van der Waals surface area (Å²) in [5, 5.41) is 1.33. The first-order chi connectivity index (χ1) is 12.0. The molecule has 2 aromatic rings. The smallest absolute Gasteiger partial charge is 0.161 e. The lowest BCUT2D eigenvalue weighted by Gasteiger charge is -2.36. The van der Waals surface area contributed by atoms with Crippen LogP contribution in [0.15, 0.2) is 48.5 Å². The third-order valence-electron chi connectivity index (χ3n) is 4.90. The van der Waals surface area contributed by atoms with Crippen molar-refractivity contribution in [1.82, 2.24) is 0 Å². The van der Waals surface area contributed by atoms with Crippen LogP contribution in [0.4, 0.5) is 0 Å². The van der Waals surface area contributed by atoms with Gasteiger partial charge in [-0.2, -0.15) is 0 Å². The molecule has 0 radical (unpaired) electrons. The van der Waals surface area contributed by atoms with E-state index < -0.39 is 10.8 Å². The van der Waals surface area contributed by atoms with Crippen molar-refractivity contribution < 1.29 is 4.79 Å². The average molecular weight is 521 g/mol. The monoisotopic (exact) mass is 518 g/mol. The zero-order chi connectivity index (χ0) is 19.7. The number of halogens is 4. The van der Waals surface area contributed by atoms with Gasteiger partial charge < -0.3 is 0 Å². The predicted molar refractivity (Wildman–Crippen MR) is 119 cm³/mol. The number of carbonyl (C=O) groups is 1. The van der Waals surface area contributed by atoms with Crippen LogP contribution in [0.2, 0.25) is 10.0 Å². The second-order valence-electron chi connectivity index (χ2n) is 7.59. The Morgan fingerprint density at radius 2 is 1.15 bits per heavy atom. The van der Waals surface area contributed by atoms with Crippen molar-refractivity contribution in [2.45, 2.75) is 48.2 Å². The number of carbonyl (C=O) groups excluding carboxylic acids is 1. The van der Waals surface area contributed by atoms with E-state index in [4.69, 9.17) is 23.2 Å². The lowest BCUT2D eigenvalue weighted by atomic mass is 9.74. The highest BCUT2D eigenvalue weighted by atomic mass is 79.9. The highest BCUT2D eigenvalue weighted by Crippen LogP contribution is 2.40. The lowest BCUT2D eigenvalue weighted by Crippen LogP contribution is -2.45. The first kappa shape index (κ1) is 21.9. The number of Topliss-reactive ketones (excluding diaryl/α,β-unsaturated/α-hetero) is 1. The maximum absolute atomic E-state index is 13.3. The predicted octanol–water partition coefficient (Wildman–Crippen LogP) is 7.34. The molecule has 2 unspecified atom stereocenters. The van der Waals surface area contributed by atoms with Crippen molar-refractivity contribution in [3.63, 3.8) is 0 Å². The van der Waals surface area contributed by atoms with Gasteiger partial charge in [0, 0.05) is 20.9 Å². The Kier molecular flexibility index (Phi) is 7.04. The molecule has 0 aromatic heterocycles. The van der Waals surface area contributed by atoms with Gasteiger partial charge in [0.2, 0.25) is 0 Å². The number of ketones is 1. The normalized spacial score (nSPS) is 14.8. The van der Waals surface area contributed by atoms with Crippen LogP contribution >= 0.6 is 55.1 Å². The molecule has 0 saturated carbocycles. The van der Waals surface area contributed by atoms with E-state index in [0.717, 1.165) is 11.1 Å². The Morgan fingerprint density at radius 1 is 0.808 bits per heavy atom. The van der Waals surface area contributed by atoms with Crippen LogP contribution in [0, 0.1) is 0 Å². The summed E-state index contributed by atoms with van der Waals surface area (Å²) in [6.45, 7) is 8.17. The molecule has 2 atom stereocenters. The van der Waals surface area contributed by atoms with Crippen molar-refractivity contribution in [1.29, 1.82) is 0 Å². The average Bonchev–Trinajstić information content (AvgIpc) is 2.59. The number of hydrogen-bond donors (Lipinski definition) is 0. The second-order valence-corrected chi connectivity index (χ2v) is 10.3. The molecule has 0 saturated heterocycles. The molecule has 0 amide bonds. The summed E-state index contributed by atoms with van der Waals surface area (Å²) in [5.74, 6) is 0.0833. The van der Waals surface area contributed by atoms with Crippen molar-refractivity contribution in [3.05, 3.63) is 69.7 Å². The molecule has 0 heterocycles. The van der Waals surface area contributed by atoms with E-state index in [0.29, 0.717) is 10.0 Å². The molecule has 0 aliphatic heterocycles. The highest BCUT2D eigenvalue weighted by molar-refractivity contribution is 9.10. The summed E-state index contributed by atoms with van der Waals surface area (Å²) < 4.78 is 0. The Balaban J connectivity index is 2.31. The van der Waals surface area contributed by atoms with Gasteiger partial charge in [0.1, 0.15) is 0 Å². The Morgan fingerprint density at radius 3 is 1.46 bits per heavy atom. The number of rotatable bonds is 6. The standard InChI is InChI=1S/C21H22Br2Cl2O/c1-20(2,13-7-5-9-15(24)11-13)18(22)17(26)19(23)21(3,4)14-8-6-10-16(25)12-14/h5-12,18-19H,1-4H3. The van der Waals surface area contributed by atoms with E-state index in [1.807, 2.05) is 76.2 Å². The number of hydrogen-bond acceptors (Lipinski definition) is 1. The molecule has 0 spiro atoms. The van der Waals surface area contributed by atoms with Gasteiger partial charge in [-0.25, -0.2) is 0 Å². The van der Waals surface area contributed by atoms with E-state index in [1.54, 1.807) is 0 Å². The molecular weight excluding hydrogens is 499 g/mol. The molecule has 26 heavy (non-hydrogen) atoms.